The minimum absolute atomic E-state index is 0.0236. The number of aliphatic hydroxyl groups excluding tert-OH is 1. The summed E-state index contributed by atoms with van der Waals surface area (Å²) in [6.45, 7) is 1.11. The zero-order valence-corrected chi connectivity index (χ0v) is 16.4. The van der Waals surface area contributed by atoms with Crippen molar-refractivity contribution in [1.29, 1.82) is 0 Å². The van der Waals surface area contributed by atoms with Crippen molar-refractivity contribution in [2.45, 2.75) is 44.7 Å². The van der Waals surface area contributed by atoms with Crippen LogP contribution in [0.4, 0.5) is 0 Å². The molecule has 5 heteroatoms. The molecule has 0 unspecified atom stereocenters. The van der Waals surface area contributed by atoms with E-state index in [0.717, 1.165) is 16.7 Å². The summed E-state index contributed by atoms with van der Waals surface area (Å²) in [5, 5.41) is 12.1. The van der Waals surface area contributed by atoms with Crippen LogP contribution < -0.4 is 5.32 Å². The molecule has 2 aromatic rings. The van der Waals surface area contributed by atoms with E-state index in [0.29, 0.717) is 31.2 Å². The van der Waals surface area contributed by atoms with Crippen LogP contribution >= 0.6 is 0 Å². The van der Waals surface area contributed by atoms with E-state index in [-0.39, 0.29) is 18.4 Å². The minimum Gasteiger partial charge on any atom is -0.459 e. The molecule has 5 nitrogen and oxygen atoms in total. The number of nitrogens with one attached hydrogen (secondary N) is 1. The molecule has 1 fully saturated rings. The van der Waals surface area contributed by atoms with Crippen LogP contribution in [0.15, 0.2) is 66.4 Å². The number of carbonyl (C=O) groups excluding carboxylic acids is 1. The Morgan fingerprint density at radius 1 is 1.07 bits per heavy atom. The summed E-state index contributed by atoms with van der Waals surface area (Å²) >= 11 is 0. The highest BCUT2D eigenvalue weighted by molar-refractivity contribution is 5.91. The largest absolute Gasteiger partial charge is 0.459 e. The van der Waals surface area contributed by atoms with Crippen LogP contribution in [-0.2, 0) is 27.5 Å². The Hall–Kier alpha value is -2.63. The predicted molar refractivity (Wildman–Crippen MR) is 110 cm³/mol. The molecular formula is C24H27NO4. The molecule has 4 rings (SSSR count). The van der Waals surface area contributed by atoms with Crippen molar-refractivity contribution < 1.29 is 19.4 Å². The highest BCUT2D eigenvalue weighted by Gasteiger charge is 2.30. The van der Waals surface area contributed by atoms with Crippen molar-refractivity contribution in [2.24, 2.45) is 5.92 Å². The standard InChI is InChI=1S/C24H27NO4/c26-15-18-8-10-19(11-9-18)16-28-23-13-21(20-4-2-1-3-5-20)12-22(29-23)24(27)25-14-17-6-7-17/h1-5,8-12,17,21,23,26H,6-7,13-16H2,(H,25,27)/t21-,23+/m1/s1. The Balaban J connectivity index is 1.43. The maximum Gasteiger partial charge on any atom is 0.286 e. The van der Waals surface area contributed by atoms with E-state index in [1.807, 2.05) is 48.5 Å². The summed E-state index contributed by atoms with van der Waals surface area (Å²) in [4.78, 5) is 12.6. The Bertz CT molecular complexity index is 843. The van der Waals surface area contributed by atoms with Crippen LogP contribution in [-0.4, -0.2) is 23.8 Å². The van der Waals surface area contributed by atoms with Gasteiger partial charge in [0.2, 0.25) is 6.29 Å². The fourth-order valence-electron chi connectivity index (χ4n) is 3.43. The van der Waals surface area contributed by atoms with E-state index in [4.69, 9.17) is 14.6 Å². The highest BCUT2D eigenvalue weighted by atomic mass is 16.7. The number of benzene rings is 2. The van der Waals surface area contributed by atoms with E-state index in [2.05, 4.69) is 17.4 Å². The summed E-state index contributed by atoms with van der Waals surface area (Å²) in [5.41, 5.74) is 3.00. The van der Waals surface area contributed by atoms with E-state index >= 15 is 0 Å². The molecule has 152 valence electrons. The van der Waals surface area contributed by atoms with Crippen molar-refractivity contribution in [1.82, 2.24) is 5.32 Å². The van der Waals surface area contributed by atoms with Gasteiger partial charge >= 0.3 is 0 Å². The summed E-state index contributed by atoms with van der Waals surface area (Å²) < 4.78 is 11.9. The van der Waals surface area contributed by atoms with Crippen LogP contribution in [0.2, 0.25) is 0 Å². The first-order valence-electron chi connectivity index (χ1n) is 10.2. The van der Waals surface area contributed by atoms with E-state index in [9.17, 15) is 4.79 Å². The zero-order valence-electron chi connectivity index (χ0n) is 16.4. The second-order valence-corrected chi connectivity index (χ2v) is 7.77. The van der Waals surface area contributed by atoms with Gasteiger partial charge in [0.15, 0.2) is 5.76 Å². The third-order valence-corrected chi connectivity index (χ3v) is 5.40. The molecule has 2 aliphatic rings. The molecular weight excluding hydrogens is 366 g/mol. The Morgan fingerprint density at radius 2 is 1.79 bits per heavy atom. The van der Waals surface area contributed by atoms with E-state index in [1.165, 1.54) is 12.8 Å². The Kier molecular flexibility index (Phi) is 6.27. The summed E-state index contributed by atoms with van der Waals surface area (Å²) in [5.74, 6) is 0.847. The number of allylic oxidation sites excluding steroid dienone is 1. The SMILES string of the molecule is O=C(NCC1CC1)C1=C[C@@H](c2ccccc2)C[C@@H](OCc2ccc(CO)cc2)O1. The quantitative estimate of drug-likeness (QED) is 0.719. The number of aliphatic hydroxyl groups is 1. The second kappa shape index (κ2) is 9.25. The van der Waals surface area contributed by atoms with Gasteiger partial charge < -0.3 is 19.9 Å². The van der Waals surface area contributed by atoms with Crippen molar-refractivity contribution in [3.63, 3.8) is 0 Å². The van der Waals surface area contributed by atoms with Gasteiger partial charge in [-0.3, -0.25) is 4.79 Å². The molecule has 2 atom stereocenters. The van der Waals surface area contributed by atoms with Gasteiger partial charge in [0, 0.05) is 18.9 Å². The van der Waals surface area contributed by atoms with Crippen molar-refractivity contribution in [3.05, 3.63) is 83.1 Å². The van der Waals surface area contributed by atoms with Crippen LogP contribution in [0.3, 0.4) is 0 Å². The smallest absolute Gasteiger partial charge is 0.286 e. The molecule has 0 bridgehead atoms. The normalized spacial score (nSPS) is 21.2. The summed E-state index contributed by atoms with van der Waals surface area (Å²) in [6.07, 6.45) is 4.44. The number of carbonyl (C=O) groups is 1. The monoisotopic (exact) mass is 393 g/mol. The van der Waals surface area contributed by atoms with Crippen LogP contribution in [0.5, 0.6) is 0 Å². The molecule has 0 radical (unpaired) electrons. The summed E-state index contributed by atoms with van der Waals surface area (Å²) in [6, 6.07) is 17.7. The average molecular weight is 393 g/mol. The first-order valence-corrected chi connectivity index (χ1v) is 10.2. The maximum atomic E-state index is 12.6. The molecule has 0 aromatic heterocycles. The molecule has 29 heavy (non-hydrogen) atoms. The third-order valence-electron chi connectivity index (χ3n) is 5.40. The Labute approximate surface area is 171 Å². The number of rotatable bonds is 8. The molecule has 0 spiro atoms. The number of hydrogen-bond acceptors (Lipinski definition) is 4. The van der Waals surface area contributed by atoms with Crippen molar-refractivity contribution in [2.75, 3.05) is 6.54 Å². The lowest BCUT2D eigenvalue weighted by molar-refractivity contribution is -0.150. The highest BCUT2D eigenvalue weighted by Crippen LogP contribution is 2.32. The number of amides is 1. The third kappa shape index (κ3) is 5.46. The lowest BCUT2D eigenvalue weighted by Crippen LogP contribution is -2.33. The second-order valence-electron chi connectivity index (χ2n) is 7.77. The molecule has 0 saturated heterocycles. The lowest BCUT2D eigenvalue weighted by atomic mass is 9.93. The fraction of sp³-hybridized carbons (Fsp3) is 0.375. The lowest BCUT2D eigenvalue weighted by Gasteiger charge is -2.29. The van der Waals surface area contributed by atoms with E-state index in [1.54, 1.807) is 0 Å². The van der Waals surface area contributed by atoms with Gasteiger partial charge in [-0.25, -0.2) is 0 Å². The molecule has 1 aliphatic heterocycles. The van der Waals surface area contributed by atoms with Gasteiger partial charge in [-0.1, -0.05) is 54.6 Å². The predicted octanol–water partition coefficient (Wildman–Crippen LogP) is 3.64. The van der Waals surface area contributed by atoms with E-state index < -0.39 is 6.29 Å². The van der Waals surface area contributed by atoms with Crippen LogP contribution in [0, 0.1) is 5.92 Å². The molecule has 2 N–H and O–H groups in total. The molecule has 2 aromatic carbocycles. The average Bonchev–Trinajstić information content (AvgIpc) is 3.61. The first kappa shape index (κ1) is 19.7. The van der Waals surface area contributed by atoms with Gasteiger partial charge in [0.25, 0.3) is 5.91 Å². The first-order chi connectivity index (χ1) is 14.2. The fourth-order valence-corrected chi connectivity index (χ4v) is 3.43. The molecule has 1 heterocycles. The van der Waals surface area contributed by atoms with Crippen molar-refractivity contribution >= 4 is 5.91 Å². The van der Waals surface area contributed by atoms with Gasteiger partial charge in [0.1, 0.15) is 0 Å². The van der Waals surface area contributed by atoms with Gasteiger partial charge in [0.05, 0.1) is 13.2 Å². The summed E-state index contributed by atoms with van der Waals surface area (Å²) in [7, 11) is 0. The topological polar surface area (TPSA) is 67.8 Å². The van der Waals surface area contributed by atoms with Gasteiger partial charge in [-0.2, -0.15) is 0 Å². The minimum atomic E-state index is -0.496. The zero-order chi connectivity index (χ0) is 20.1. The number of hydrogen-bond donors (Lipinski definition) is 2. The van der Waals surface area contributed by atoms with Crippen molar-refractivity contribution in [3.8, 4) is 0 Å². The van der Waals surface area contributed by atoms with Gasteiger partial charge in [-0.05, 0) is 41.5 Å². The Morgan fingerprint density at radius 3 is 2.48 bits per heavy atom. The van der Waals surface area contributed by atoms with Gasteiger partial charge in [-0.15, -0.1) is 0 Å². The number of ether oxygens (including phenoxy) is 2. The molecule has 1 amide bonds. The molecule has 1 aliphatic carbocycles. The van der Waals surface area contributed by atoms with Crippen LogP contribution in [0.25, 0.3) is 0 Å². The molecule has 1 saturated carbocycles. The maximum absolute atomic E-state index is 12.6. The van der Waals surface area contributed by atoms with Crippen LogP contribution in [0.1, 0.15) is 41.9 Å².